The van der Waals surface area contributed by atoms with Gasteiger partial charge in [0.1, 0.15) is 12.4 Å². The van der Waals surface area contributed by atoms with Gasteiger partial charge in [-0.05, 0) is 43.3 Å². The van der Waals surface area contributed by atoms with Crippen LogP contribution in [0.15, 0.2) is 53.3 Å². The van der Waals surface area contributed by atoms with Crippen molar-refractivity contribution in [2.45, 2.75) is 13.5 Å². The van der Waals surface area contributed by atoms with E-state index in [0.29, 0.717) is 27.7 Å². The fraction of sp³-hybridized carbons (Fsp3) is 0.111. The van der Waals surface area contributed by atoms with Crippen molar-refractivity contribution in [3.8, 4) is 0 Å². The van der Waals surface area contributed by atoms with Gasteiger partial charge in [0, 0.05) is 16.1 Å². The summed E-state index contributed by atoms with van der Waals surface area (Å²) < 4.78 is 2.62. The molecule has 0 bridgehead atoms. The number of fused-ring (bicyclic) bond motifs is 3. The number of rotatable bonds is 3. The number of aryl methyl sites for hydroxylation is 1. The summed E-state index contributed by atoms with van der Waals surface area (Å²) in [5, 5.41) is 8.25. The van der Waals surface area contributed by atoms with E-state index in [-0.39, 0.29) is 12.5 Å². The average Bonchev–Trinajstić information content (AvgIpc) is 3.03. The molecule has 130 valence electrons. The van der Waals surface area contributed by atoms with Gasteiger partial charge in [0.15, 0.2) is 5.65 Å². The lowest BCUT2D eigenvalue weighted by atomic mass is 10.2. The van der Waals surface area contributed by atoms with Gasteiger partial charge in [-0.15, -0.1) is 5.10 Å². The summed E-state index contributed by atoms with van der Waals surface area (Å²) in [4.78, 5) is 29.6. The number of carbonyl (C=O) groups is 1. The van der Waals surface area contributed by atoms with Crippen LogP contribution in [0.4, 0.5) is 5.69 Å². The van der Waals surface area contributed by atoms with E-state index in [1.807, 2.05) is 18.2 Å². The zero-order chi connectivity index (χ0) is 18.3. The van der Waals surface area contributed by atoms with E-state index in [4.69, 9.17) is 11.6 Å². The minimum absolute atomic E-state index is 0.142. The summed E-state index contributed by atoms with van der Waals surface area (Å²) in [5.74, 6) is 0.173. The maximum absolute atomic E-state index is 12.8. The van der Waals surface area contributed by atoms with Crippen LogP contribution >= 0.6 is 11.6 Å². The summed E-state index contributed by atoms with van der Waals surface area (Å²) in [5.41, 5.74) is 1.31. The van der Waals surface area contributed by atoms with E-state index in [1.54, 1.807) is 37.3 Å². The highest BCUT2D eigenvalue weighted by Gasteiger charge is 2.15. The number of amides is 1. The molecule has 2 heterocycles. The quantitative estimate of drug-likeness (QED) is 0.603. The van der Waals surface area contributed by atoms with Crippen molar-refractivity contribution in [1.82, 2.24) is 19.2 Å². The smallest absolute Gasteiger partial charge is 0.325 e. The van der Waals surface area contributed by atoms with Crippen molar-refractivity contribution < 1.29 is 4.79 Å². The number of hydrogen-bond donors (Lipinski definition) is 1. The Morgan fingerprint density at radius 3 is 2.65 bits per heavy atom. The zero-order valence-electron chi connectivity index (χ0n) is 13.8. The first-order valence-corrected chi connectivity index (χ1v) is 8.31. The van der Waals surface area contributed by atoms with Crippen LogP contribution in [0, 0.1) is 6.92 Å². The lowest BCUT2D eigenvalue weighted by Crippen LogP contribution is -2.32. The standard InChI is InChI=1S/C18H14ClN5O2/c1-11-20-17-14-4-2-3-5-15(14)23(18(26)24(17)22-11)10-16(25)21-13-8-6-12(19)7-9-13/h2-9H,10H2,1H3,(H,21,25). The minimum atomic E-state index is -0.412. The Balaban J connectivity index is 1.77. The third kappa shape index (κ3) is 2.82. The maximum Gasteiger partial charge on any atom is 0.351 e. The van der Waals surface area contributed by atoms with Crippen LogP contribution < -0.4 is 11.0 Å². The lowest BCUT2D eigenvalue weighted by Gasteiger charge is -2.11. The van der Waals surface area contributed by atoms with Gasteiger partial charge in [-0.2, -0.15) is 4.52 Å². The molecule has 0 aliphatic carbocycles. The van der Waals surface area contributed by atoms with Crippen molar-refractivity contribution in [3.05, 3.63) is 69.9 Å². The molecule has 26 heavy (non-hydrogen) atoms. The summed E-state index contributed by atoms with van der Waals surface area (Å²) in [6, 6.07) is 14.1. The molecule has 2 aromatic carbocycles. The Morgan fingerprint density at radius 1 is 1.15 bits per heavy atom. The summed E-state index contributed by atoms with van der Waals surface area (Å²) >= 11 is 5.85. The first-order chi connectivity index (χ1) is 12.5. The highest BCUT2D eigenvalue weighted by Crippen LogP contribution is 2.17. The van der Waals surface area contributed by atoms with Crippen molar-refractivity contribution in [2.75, 3.05) is 5.32 Å². The number of nitrogens with one attached hydrogen (secondary N) is 1. The van der Waals surface area contributed by atoms with E-state index < -0.39 is 5.69 Å². The molecule has 0 unspecified atom stereocenters. The fourth-order valence-corrected chi connectivity index (χ4v) is 2.99. The average molecular weight is 368 g/mol. The Kier molecular flexibility index (Phi) is 3.93. The molecular formula is C18H14ClN5O2. The third-order valence-corrected chi connectivity index (χ3v) is 4.24. The molecule has 1 N–H and O–H groups in total. The Hall–Kier alpha value is -3.19. The summed E-state index contributed by atoms with van der Waals surface area (Å²) in [6.07, 6.45) is 0. The number of carbonyl (C=O) groups excluding carboxylic acids is 1. The van der Waals surface area contributed by atoms with Crippen LogP contribution in [0.25, 0.3) is 16.6 Å². The molecule has 0 saturated carbocycles. The SMILES string of the molecule is Cc1nc2c3ccccc3n(CC(=O)Nc3ccc(Cl)cc3)c(=O)n2n1. The molecule has 0 aliphatic heterocycles. The van der Waals surface area contributed by atoms with Crippen molar-refractivity contribution in [1.29, 1.82) is 0 Å². The third-order valence-electron chi connectivity index (χ3n) is 3.99. The number of halogens is 1. The van der Waals surface area contributed by atoms with Crippen molar-refractivity contribution >= 4 is 39.7 Å². The van der Waals surface area contributed by atoms with Gasteiger partial charge in [0.05, 0.1) is 5.52 Å². The second kappa shape index (κ2) is 6.27. The molecule has 1 amide bonds. The molecule has 4 aromatic rings. The number of aromatic nitrogens is 4. The normalized spacial score (nSPS) is 11.2. The molecule has 8 heteroatoms. The second-order valence-electron chi connectivity index (χ2n) is 5.84. The zero-order valence-corrected chi connectivity index (χ0v) is 14.6. The van der Waals surface area contributed by atoms with Gasteiger partial charge in [0.25, 0.3) is 0 Å². The van der Waals surface area contributed by atoms with Gasteiger partial charge < -0.3 is 5.32 Å². The van der Waals surface area contributed by atoms with E-state index in [0.717, 1.165) is 5.39 Å². The van der Waals surface area contributed by atoms with E-state index in [9.17, 15) is 9.59 Å². The van der Waals surface area contributed by atoms with Crippen LogP contribution in [0.2, 0.25) is 5.02 Å². The maximum atomic E-state index is 12.8. The summed E-state index contributed by atoms with van der Waals surface area (Å²) in [6.45, 7) is 1.58. The molecule has 0 saturated heterocycles. The highest BCUT2D eigenvalue weighted by molar-refractivity contribution is 6.30. The Labute approximate surface area is 152 Å². The van der Waals surface area contributed by atoms with E-state index >= 15 is 0 Å². The van der Waals surface area contributed by atoms with Gasteiger partial charge in [-0.3, -0.25) is 9.36 Å². The number of anilines is 1. The number of nitrogens with zero attached hydrogens (tertiary/aromatic N) is 4. The molecule has 2 aromatic heterocycles. The van der Waals surface area contributed by atoms with Crippen LogP contribution in [0.3, 0.4) is 0 Å². The van der Waals surface area contributed by atoms with E-state index in [2.05, 4.69) is 15.4 Å². The van der Waals surface area contributed by atoms with Gasteiger partial charge in [-0.1, -0.05) is 23.7 Å². The van der Waals surface area contributed by atoms with Crippen LogP contribution in [0.5, 0.6) is 0 Å². The number of para-hydroxylation sites is 1. The molecular weight excluding hydrogens is 354 g/mol. The van der Waals surface area contributed by atoms with Gasteiger partial charge >= 0.3 is 5.69 Å². The molecule has 0 spiro atoms. The highest BCUT2D eigenvalue weighted by atomic mass is 35.5. The number of hydrogen-bond acceptors (Lipinski definition) is 4. The predicted molar refractivity (Wildman–Crippen MR) is 99.6 cm³/mol. The molecule has 0 fully saturated rings. The van der Waals surface area contributed by atoms with Gasteiger partial charge in [0.2, 0.25) is 5.91 Å². The largest absolute Gasteiger partial charge is 0.351 e. The van der Waals surface area contributed by atoms with Crippen LogP contribution in [0.1, 0.15) is 5.82 Å². The first-order valence-electron chi connectivity index (χ1n) is 7.93. The van der Waals surface area contributed by atoms with E-state index in [1.165, 1.54) is 9.08 Å². The molecule has 0 radical (unpaired) electrons. The topological polar surface area (TPSA) is 81.3 Å². The van der Waals surface area contributed by atoms with Crippen molar-refractivity contribution in [3.63, 3.8) is 0 Å². The first kappa shape index (κ1) is 16.3. The van der Waals surface area contributed by atoms with Crippen LogP contribution in [-0.4, -0.2) is 25.1 Å². The molecule has 7 nitrogen and oxygen atoms in total. The van der Waals surface area contributed by atoms with Crippen LogP contribution in [-0.2, 0) is 11.3 Å². The Bertz CT molecular complexity index is 1190. The summed E-state index contributed by atoms with van der Waals surface area (Å²) in [7, 11) is 0. The van der Waals surface area contributed by atoms with Gasteiger partial charge in [-0.25, -0.2) is 9.78 Å². The molecule has 0 atom stereocenters. The predicted octanol–water partition coefficient (Wildman–Crippen LogP) is 2.64. The monoisotopic (exact) mass is 367 g/mol. The molecule has 4 rings (SSSR count). The molecule has 0 aliphatic rings. The minimum Gasteiger partial charge on any atom is -0.325 e. The fourth-order valence-electron chi connectivity index (χ4n) is 2.87. The lowest BCUT2D eigenvalue weighted by molar-refractivity contribution is -0.116. The Morgan fingerprint density at radius 2 is 1.88 bits per heavy atom. The second-order valence-corrected chi connectivity index (χ2v) is 6.27. The number of benzene rings is 2. The van der Waals surface area contributed by atoms with Crippen molar-refractivity contribution in [2.24, 2.45) is 0 Å².